The molecule has 1 fully saturated rings. The predicted octanol–water partition coefficient (Wildman–Crippen LogP) is 4.29. The van der Waals surface area contributed by atoms with E-state index in [-0.39, 0.29) is 5.41 Å². The zero-order chi connectivity index (χ0) is 19.0. The minimum Gasteiger partial charge on any atom is -0.365 e. The van der Waals surface area contributed by atoms with Crippen molar-refractivity contribution in [3.63, 3.8) is 0 Å². The van der Waals surface area contributed by atoms with Crippen molar-refractivity contribution in [3.05, 3.63) is 89.0 Å². The Hall–Kier alpha value is -2.43. The Bertz CT molecular complexity index is 960. The van der Waals surface area contributed by atoms with Crippen LogP contribution in [-0.2, 0) is 18.5 Å². The highest BCUT2D eigenvalue weighted by atomic mass is 35.5. The van der Waals surface area contributed by atoms with E-state index < -0.39 is 0 Å². The maximum absolute atomic E-state index is 6.03. The molecule has 1 atom stereocenters. The van der Waals surface area contributed by atoms with Gasteiger partial charge in [-0.25, -0.2) is 0 Å². The highest BCUT2D eigenvalue weighted by molar-refractivity contribution is 6.30. The maximum atomic E-state index is 6.03. The number of halogens is 1. The summed E-state index contributed by atoms with van der Waals surface area (Å²) in [5.41, 5.74) is 5.21. The Morgan fingerprint density at radius 1 is 0.929 bits per heavy atom. The van der Waals surface area contributed by atoms with Crippen molar-refractivity contribution in [3.8, 4) is 0 Å². The third kappa shape index (κ3) is 3.27. The van der Waals surface area contributed by atoms with Crippen LogP contribution in [0.25, 0.3) is 0 Å². The van der Waals surface area contributed by atoms with Gasteiger partial charge < -0.3 is 4.90 Å². The van der Waals surface area contributed by atoms with Crippen LogP contribution in [0.5, 0.6) is 0 Å². The Morgan fingerprint density at radius 3 is 2.61 bits per heavy atom. The van der Waals surface area contributed by atoms with Crippen LogP contribution in [0.3, 0.4) is 0 Å². The summed E-state index contributed by atoms with van der Waals surface area (Å²) in [5.74, 6) is 0. The number of likely N-dealkylation sites (tertiary alicyclic amines) is 1. The third-order valence-corrected chi connectivity index (χ3v) is 6.22. The van der Waals surface area contributed by atoms with E-state index in [0.717, 1.165) is 44.2 Å². The average molecular weight is 391 g/mol. The number of fused-ring (bicyclic) bond motifs is 2. The van der Waals surface area contributed by atoms with Gasteiger partial charge in [0.15, 0.2) is 0 Å². The number of pyridine rings is 2. The highest BCUT2D eigenvalue weighted by Gasteiger charge is 2.48. The van der Waals surface area contributed by atoms with Gasteiger partial charge >= 0.3 is 0 Å². The summed E-state index contributed by atoms with van der Waals surface area (Å²) in [4.78, 5) is 14.1. The van der Waals surface area contributed by atoms with E-state index >= 15 is 0 Å². The molecule has 1 aromatic carbocycles. The van der Waals surface area contributed by atoms with E-state index in [4.69, 9.17) is 16.6 Å². The highest BCUT2D eigenvalue weighted by Crippen LogP contribution is 2.45. The SMILES string of the molecule is Clc1ccc(CN2CC[C@@]3(C2)CN(Cc2cccnc2)c2cccnc23)cc1. The molecule has 2 aliphatic heterocycles. The van der Waals surface area contributed by atoms with Gasteiger partial charge in [-0.2, -0.15) is 0 Å². The molecule has 0 bridgehead atoms. The van der Waals surface area contributed by atoms with E-state index in [2.05, 4.69) is 45.1 Å². The lowest BCUT2D eigenvalue weighted by Crippen LogP contribution is -2.36. The summed E-state index contributed by atoms with van der Waals surface area (Å²) in [6, 6.07) is 16.6. The molecule has 1 spiro atoms. The van der Waals surface area contributed by atoms with Crippen molar-refractivity contribution < 1.29 is 0 Å². The smallest absolute Gasteiger partial charge is 0.0729 e. The summed E-state index contributed by atoms with van der Waals surface area (Å²) in [7, 11) is 0. The molecule has 28 heavy (non-hydrogen) atoms. The van der Waals surface area contributed by atoms with E-state index in [0.29, 0.717) is 0 Å². The van der Waals surface area contributed by atoms with Crippen molar-refractivity contribution >= 4 is 17.3 Å². The molecular weight excluding hydrogens is 368 g/mol. The third-order valence-electron chi connectivity index (χ3n) is 5.97. The maximum Gasteiger partial charge on any atom is 0.0729 e. The zero-order valence-electron chi connectivity index (χ0n) is 15.8. The Morgan fingerprint density at radius 2 is 1.79 bits per heavy atom. The first-order valence-corrected chi connectivity index (χ1v) is 10.2. The molecule has 0 radical (unpaired) electrons. The van der Waals surface area contributed by atoms with Crippen LogP contribution in [0.4, 0.5) is 5.69 Å². The number of hydrogen-bond acceptors (Lipinski definition) is 4. The molecular formula is C23H23ClN4. The summed E-state index contributed by atoms with van der Waals surface area (Å²) in [6.45, 7) is 5.00. The van der Waals surface area contributed by atoms with E-state index in [9.17, 15) is 0 Å². The molecule has 4 nitrogen and oxygen atoms in total. The molecule has 3 aromatic rings. The topological polar surface area (TPSA) is 32.3 Å². The van der Waals surface area contributed by atoms with Gasteiger partial charge in [-0.3, -0.25) is 14.9 Å². The van der Waals surface area contributed by atoms with Crippen molar-refractivity contribution in [1.29, 1.82) is 0 Å². The van der Waals surface area contributed by atoms with Gasteiger partial charge in [0.05, 0.1) is 11.4 Å². The van der Waals surface area contributed by atoms with Gasteiger partial charge in [0.2, 0.25) is 0 Å². The first-order chi connectivity index (χ1) is 13.7. The largest absolute Gasteiger partial charge is 0.365 e. The standard InChI is InChI=1S/C23H23ClN4/c24-20-7-5-18(6-8-20)14-27-12-9-23(16-27)17-28(15-19-3-1-10-25-13-19)21-4-2-11-26-22(21)23/h1-8,10-11,13H,9,12,14-17H2/t23-/m1/s1. The molecule has 0 unspecified atom stereocenters. The molecule has 5 heteroatoms. The molecule has 0 amide bonds. The number of aromatic nitrogens is 2. The fourth-order valence-corrected chi connectivity index (χ4v) is 4.83. The fourth-order valence-electron chi connectivity index (χ4n) is 4.70. The first-order valence-electron chi connectivity index (χ1n) is 9.78. The molecule has 1 saturated heterocycles. The molecule has 4 heterocycles. The zero-order valence-corrected chi connectivity index (χ0v) is 16.5. The minimum absolute atomic E-state index is 0.116. The summed E-state index contributed by atoms with van der Waals surface area (Å²) >= 11 is 6.03. The molecule has 0 N–H and O–H groups in total. The normalized spacial score (nSPS) is 21.4. The van der Waals surface area contributed by atoms with Crippen LogP contribution in [0, 0.1) is 0 Å². The number of anilines is 1. The minimum atomic E-state index is 0.116. The van der Waals surface area contributed by atoms with Crippen molar-refractivity contribution in [2.45, 2.75) is 24.9 Å². The molecule has 142 valence electrons. The van der Waals surface area contributed by atoms with E-state index in [1.54, 1.807) is 0 Å². The summed E-state index contributed by atoms with van der Waals surface area (Å²) in [6.07, 6.45) is 6.88. The van der Waals surface area contributed by atoms with Crippen molar-refractivity contribution in [1.82, 2.24) is 14.9 Å². The lowest BCUT2D eigenvalue weighted by atomic mass is 9.85. The number of nitrogens with zero attached hydrogens (tertiary/aromatic N) is 4. The van der Waals surface area contributed by atoms with Gasteiger partial charge in [-0.15, -0.1) is 0 Å². The Kier molecular flexibility index (Phi) is 4.53. The van der Waals surface area contributed by atoms with Gasteiger partial charge in [-0.1, -0.05) is 29.8 Å². The van der Waals surface area contributed by atoms with E-state index in [1.165, 1.54) is 22.5 Å². The van der Waals surface area contributed by atoms with E-state index in [1.807, 2.05) is 36.8 Å². The Labute approximate surface area is 170 Å². The average Bonchev–Trinajstić information content (AvgIpc) is 3.26. The fraction of sp³-hybridized carbons (Fsp3) is 0.304. The molecule has 2 aliphatic rings. The lowest BCUT2D eigenvalue weighted by Gasteiger charge is -2.26. The number of hydrogen-bond donors (Lipinski definition) is 0. The van der Waals surface area contributed by atoms with Gasteiger partial charge in [0.25, 0.3) is 0 Å². The van der Waals surface area contributed by atoms with Crippen LogP contribution in [0.15, 0.2) is 67.1 Å². The number of benzene rings is 1. The summed E-state index contributed by atoms with van der Waals surface area (Å²) in [5, 5.41) is 0.793. The quantitative estimate of drug-likeness (QED) is 0.665. The van der Waals surface area contributed by atoms with Crippen molar-refractivity contribution in [2.24, 2.45) is 0 Å². The van der Waals surface area contributed by atoms with Crippen LogP contribution < -0.4 is 4.90 Å². The summed E-state index contributed by atoms with van der Waals surface area (Å²) < 4.78 is 0. The molecule has 0 aliphatic carbocycles. The second-order valence-electron chi connectivity index (χ2n) is 7.96. The van der Waals surface area contributed by atoms with Crippen molar-refractivity contribution in [2.75, 3.05) is 24.5 Å². The Balaban J connectivity index is 1.37. The van der Waals surface area contributed by atoms with Crippen LogP contribution in [-0.4, -0.2) is 34.5 Å². The molecule has 0 saturated carbocycles. The van der Waals surface area contributed by atoms with Crippen LogP contribution >= 0.6 is 11.6 Å². The van der Waals surface area contributed by atoms with Gasteiger partial charge in [0.1, 0.15) is 0 Å². The second-order valence-corrected chi connectivity index (χ2v) is 8.39. The monoisotopic (exact) mass is 390 g/mol. The lowest BCUT2D eigenvalue weighted by molar-refractivity contribution is 0.305. The first kappa shape index (κ1) is 17.7. The van der Waals surface area contributed by atoms with Crippen LogP contribution in [0.2, 0.25) is 5.02 Å². The molecule has 5 rings (SSSR count). The number of rotatable bonds is 4. The molecule has 2 aromatic heterocycles. The second kappa shape index (κ2) is 7.19. The predicted molar refractivity (Wildman–Crippen MR) is 113 cm³/mol. The van der Waals surface area contributed by atoms with Crippen LogP contribution in [0.1, 0.15) is 23.2 Å². The van der Waals surface area contributed by atoms with Gasteiger partial charge in [-0.05, 0) is 54.4 Å². The van der Waals surface area contributed by atoms with Gasteiger partial charge in [0, 0.05) is 55.2 Å².